The first-order valence-electron chi connectivity index (χ1n) is 6.57. The molecular weight excluding hydrogens is 229 g/mol. The fourth-order valence-electron chi connectivity index (χ4n) is 3.14. The third-order valence-corrected chi connectivity index (χ3v) is 3.60. The smallest absolute Gasteiger partial charge is 0.167 e. The minimum atomic E-state index is -0.369. The van der Waals surface area contributed by atoms with Gasteiger partial charge < -0.3 is 10.5 Å². The predicted octanol–water partition coefficient (Wildman–Crippen LogP) is 4.00. The zero-order valence-electron chi connectivity index (χ0n) is 11.4. The third-order valence-electron chi connectivity index (χ3n) is 3.60. The molecule has 0 amide bonds. The molecule has 3 heteroatoms. The van der Waals surface area contributed by atoms with E-state index in [0.717, 1.165) is 12.8 Å². The maximum atomic E-state index is 13.7. The topological polar surface area (TPSA) is 35.2 Å². The molecule has 0 bridgehead atoms. The van der Waals surface area contributed by atoms with Gasteiger partial charge >= 0.3 is 0 Å². The monoisotopic (exact) mass is 251 g/mol. The average Bonchev–Trinajstić information content (AvgIpc) is 2.19. The minimum absolute atomic E-state index is 0.0990. The van der Waals surface area contributed by atoms with Crippen molar-refractivity contribution in [1.82, 2.24) is 0 Å². The van der Waals surface area contributed by atoms with Crippen LogP contribution < -0.4 is 10.5 Å². The van der Waals surface area contributed by atoms with E-state index >= 15 is 0 Å². The van der Waals surface area contributed by atoms with Crippen molar-refractivity contribution < 1.29 is 9.13 Å². The molecule has 0 spiro atoms. The Hall–Kier alpha value is -1.25. The Morgan fingerprint density at radius 3 is 2.67 bits per heavy atom. The van der Waals surface area contributed by atoms with E-state index in [9.17, 15) is 4.39 Å². The van der Waals surface area contributed by atoms with Crippen molar-refractivity contribution in [2.45, 2.75) is 46.1 Å². The summed E-state index contributed by atoms with van der Waals surface area (Å²) in [5.74, 6) is 0.570. The van der Waals surface area contributed by atoms with Crippen molar-refractivity contribution in [2.75, 3.05) is 5.73 Å². The highest BCUT2D eigenvalue weighted by atomic mass is 19.1. The molecule has 18 heavy (non-hydrogen) atoms. The maximum absolute atomic E-state index is 13.7. The van der Waals surface area contributed by atoms with Gasteiger partial charge in [-0.25, -0.2) is 4.39 Å². The molecule has 2 nitrogen and oxygen atoms in total. The summed E-state index contributed by atoms with van der Waals surface area (Å²) in [5.41, 5.74) is 6.23. The van der Waals surface area contributed by atoms with E-state index < -0.39 is 0 Å². The summed E-state index contributed by atoms with van der Waals surface area (Å²) in [7, 11) is 0. The van der Waals surface area contributed by atoms with Crippen LogP contribution in [0.15, 0.2) is 18.2 Å². The van der Waals surface area contributed by atoms with Crippen LogP contribution in [0.3, 0.4) is 0 Å². The quantitative estimate of drug-likeness (QED) is 0.806. The summed E-state index contributed by atoms with van der Waals surface area (Å²) in [4.78, 5) is 0. The molecular formula is C15H22FNO. The van der Waals surface area contributed by atoms with Gasteiger partial charge in [0.1, 0.15) is 0 Å². The van der Waals surface area contributed by atoms with Crippen LogP contribution in [0, 0.1) is 17.2 Å². The Balaban J connectivity index is 2.09. The second-order valence-corrected chi connectivity index (χ2v) is 6.34. The molecule has 2 unspecified atom stereocenters. The molecule has 2 N–H and O–H groups in total. The fraction of sp³-hybridized carbons (Fsp3) is 0.600. The second-order valence-electron chi connectivity index (χ2n) is 6.34. The van der Waals surface area contributed by atoms with E-state index in [-0.39, 0.29) is 17.3 Å². The van der Waals surface area contributed by atoms with Crippen LogP contribution in [0.25, 0.3) is 0 Å². The summed E-state index contributed by atoms with van der Waals surface area (Å²) < 4.78 is 19.5. The van der Waals surface area contributed by atoms with Gasteiger partial charge in [-0.3, -0.25) is 0 Å². The molecule has 1 aromatic carbocycles. The summed E-state index contributed by atoms with van der Waals surface area (Å²) in [6.45, 7) is 6.73. The lowest BCUT2D eigenvalue weighted by Gasteiger charge is -2.38. The average molecular weight is 251 g/mol. The molecule has 100 valence electrons. The lowest BCUT2D eigenvalue weighted by atomic mass is 9.71. The molecule has 0 saturated heterocycles. The van der Waals surface area contributed by atoms with Crippen LogP contribution in [-0.2, 0) is 0 Å². The Bertz CT molecular complexity index is 431. The van der Waals surface area contributed by atoms with Crippen LogP contribution in [0.4, 0.5) is 10.1 Å². The summed E-state index contributed by atoms with van der Waals surface area (Å²) in [6.07, 6.45) is 3.27. The van der Waals surface area contributed by atoms with Gasteiger partial charge in [-0.05, 0) is 42.7 Å². The molecule has 1 fully saturated rings. The van der Waals surface area contributed by atoms with Gasteiger partial charge in [0.15, 0.2) is 11.6 Å². The molecule has 1 saturated carbocycles. The number of anilines is 1. The van der Waals surface area contributed by atoms with Crippen LogP contribution in [0.2, 0.25) is 0 Å². The minimum Gasteiger partial charge on any atom is -0.487 e. The van der Waals surface area contributed by atoms with E-state index in [1.165, 1.54) is 12.5 Å². The first-order chi connectivity index (χ1) is 8.35. The summed E-state index contributed by atoms with van der Waals surface area (Å²) in [5, 5.41) is 0. The molecule has 0 heterocycles. The van der Waals surface area contributed by atoms with Gasteiger partial charge in [0, 0.05) is 11.8 Å². The number of nitrogens with two attached hydrogens (primary N) is 1. The van der Waals surface area contributed by atoms with Crippen LogP contribution in [-0.4, -0.2) is 6.10 Å². The van der Waals surface area contributed by atoms with Crippen molar-refractivity contribution in [1.29, 1.82) is 0 Å². The summed E-state index contributed by atoms with van der Waals surface area (Å²) >= 11 is 0. The van der Waals surface area contributed by atoms with E-state index in [1.54, 1.807) is 12.1 Å². The molecule has 2 atom stereocenters. The summed E-state index contributed by atoms with van der Waals surface area (Å²) in [6, 6.07) is 4.61. The highest BCUT2D eigenvalue weighted by molar-refractivity contribution is 5.42. The number of halogens is 1. The number of nitrogen functional groups attached to an aromatic ring is 1. The van der Waals surface area contributed by atoms with E-state index in [0.29, 0.717) is 17.4 Å². The molecule has 0 aliphatic heterocycles. The number of hydrogen-bond acceptors (Lipinski definition) is 2. The predicted molar refractivity (Wildman–Crippen MR) is 72.0 cm³/mol. The first kappa shape index (κ1) is 13.2. The van der Waals surface area contributed by atoms with Crippen molar-refractivity contribution in [2.24, 2.45) is 11.3 Å². The van der Waals surface area contributed by atoms with Gasteiger partial charge in [0.2, 0.25) is 0 Å². The molecule has 1 aromatic rings. The Morgan fingerprint density at radius 2 is 2.06 bits per heavy atom. The lowest BCUT2D eigenvalue weighted by Crippen LogP contribution is -2.34. The zero-order chi connectivity index (χ0) is 13.3. The van der Waals surface area contributed by atoms with Gasteiger partial charge in [0.05, 0.1) is 6.10 Å². The Labute approximate surface area is 108 Å². The lowest BCUT2D eigenvalue weighted by molar-refractivity contribution is 0.0536. The van der Waals surface area contributed by atoms with Crippen LogP contribution in [0.5, 0.6) is 5.75 Å². The normalized spacial score (nSPS) is 26.9. The number of hydrogen-bond donors (Lipinski definition) is 1. The Morgan fingerprint density at radius 1 is 1.33 bits per heavy atom. The second kappa shape index (κ2) is 4.79. The largest absolute Gasteiger partial charge is 0.487 e. The third kappa shape index (κ3) is 3.15. The van der Waals surface area contributed by atoms with Crippen molar-refractivity contribution in [3.63, 3.8) is 0 Å². The van der Waals surface area contributed by atoms with Gasteiger partial charge in [-0.15, -0.1) is 0 Å². The van der Waals surface area contributed by atoms with Crippen LogP contribution in [0.1, 0.15) is 40.0 Å². The van der Waals surface area contributed by atoms with E-state index in [1.807, 2.05) is 0 Å². The standard InChI is InChI=1S/C15H22FNO/c1-10-6-12(9-15(2,3)8-10)18-14-5-4-11(17)7-13(14)16/h4-5,7,10,12H,6,8-9,17H2,1-3H3. The van der Waals surface area contributed by atoms with Crippen molar-refractivity contribution in [3.8, 4) is 5.75 Å². The van der Waals surface area contributed by atoms with Gasteiger partial charge in [0.25, 0.3) is 0 Å². The highest BCUT2D eigenvalue weighted by Gasteiger charge is 2.33. The molecule has 0 aromatic heterocycles. The fourth-order valence-corrected chi connectivity index (χ4v) is 3.14. The zero-order valence-corrected chi connectivity index (χ0v) is 11.4. The molecule has 1 aliphatic rings. The van der Waals surface area contributed by atoms with Gasteiger partial charge in [-0.2, -0.15) is 0 Å². The first-order valence-corrected chi connectivity index (χ1v) is 6.57. The maximum Gasteiger partial charge on any atom is 0.167 e. The number of ether oxygens (including phenoxy) is 1. The number of benzene rings is 1. The van der Waals surface area contributed by atoms with Gasteiger partial charge in [-0.1, -0.05) is 20.8 Å². The van der Waals surface area contributed by atoms with Crippen molar-refractivity contribution in [3.05, 3.63) is 24.0 Å². The number of rotatable bonds is 2. The van der Waals surface area contributed by atoms with Crippen LogP contribution >= 0.6 is 0 Å². The SMILES string of the molecule is CC1CC(Oc2ccc(N)cc2F)CC(C)(C)C1. The molecule has 0 radical (unpaired) electrons. The molecule has 2 rings (SSSR count). The van der Waals surface area contributed by atoms with Crippen molar-refractivity contribution >= 4 is 5.69 Å². The molecule has 1 aliphatic carbocycles. The van der Waals surface area contributed by atoms with E-state index in [2.05, 4.69) is 20.8 Å². The van der Waals surface area contributed by atoms with E-state index in [4.69, 9.17) is 10.5 Å². The Kier molecular flexibility index (Phi) is 3.51. The highest BCUT2D eigenvalue weighted by Crippen LogP contribution is 2.40.